The Bertz CT molecular complexity index is 895. The fourth-order valence-electron chi connectivity index (χ4n) is 2.58. The molecule has 0 bridgehead atoms. The van der Waals surface area contributed by atoms with Gasteiger partial charge in [-0.15, -0.1) is 0 Å². The topological polar surface area (TPSA) is 66.9 Å². The first-order valence-electron chi connectivity index (χ1n) is 8.84. The van der Waals surface area contributed by atoms with E-state index >= 15 is 0 Å². The first-order valence-corrected chi connectivity index (χ1v) is 9.22. The number of rotatable bonds is 7. The van der Waals surface area contributed by atoms with Crippen molar-refractivity contribution in [3.05, 3.63) is 82.6 Å². The first-order chi connectivity index (χ1) is 13.1. The SMILES string of the molecule is CCc1ccc(Nc2ncc(C(=O)NCCc3cccc(Cl)c3)cn2)cc1. The number of carbonyl (C=O) groups excluding carboxylic acids is 1. The smallest absolute Gasteiger partial charge is 0.254 e. The van der Waals surface area contributed by atoms with Crippen LogP contribution in [0.25, 0.3) is 0 Å². The maximum absolute atomic E-state index is 12.2. The van der Waals surface area contributed by atoms with Gasteiger partial charge in [0.2, 0.25) is 5.95 Å². The molecule has 138 valence electrons. The van der Waals surface area contributed by atoms with E-state index in [-0.39, 0.29) is 5.91 Å². The Balaban J connectivity index is 1.52. The standard InChI is InChI=1S/C21H21ClN4O/c1-2-15-6-8-19(9-7-15)26-21-24-13-17(14-25-21)20(27)23-11-10-16-4-3-5-18(22)12-16/h3-9,12-14H,2,10-11H2,1H3,(H,23,27)(H,24,25,26). The highest BCUT2D eigenvalue weighted by atomic mass is 35.5. The Kier molecular flexibility index (Phi) is 6.39. The van der Waals surface area contributed by atoms with E-state index in [1.54, 1.807) is 0 Å². The molecule has 3 aromatic rings. The van der Waals surface area contributed by atoms with Crippen molar-refractivity contribution >= 4 is 29.1 Å². The molecule has 5 nitrogen and oxygen atoms in total. The van der Waals surface area contributed by atoms with Crippen LogP contribution in [0.5, 0.6) is 0 Å². The molecule has 0 aliphatic rings. The largest absolute Gasteiger partial charge is 0.352 e. The van der Waals surface area contributed by atoms with Gasteiger partial charge in [0.1, 0.15) is 0 Å². The molecule has 0 radical (unpaired) electrons. The predicted octanol–water partition coefficient (Wildman–Crippen LogP) is 4.41. The first kappa shape index (κ1) is 18.9. The Hall–Kier alpha value is -2.92. The van der Waals surface area contributed by atoms with E-state index in [9.17, 15) is 4.79 Å². The summed E-state index contributed by atoms with van der Waals surface area (Å²) in [6.07, 6.45) is 4.74. The summed E-state index contributed by atoms with van der Waals surface area (Å²) in [5.74, 6) is 0.255. The lowest BCUT2D eigenvalue weighted by molar-refractivity contribution is 0.0953. The summed E-state index contributed by atoms with van der Waals surface area (Å²) in [6.45, 7) is 2.63. The van der Waals surface area contributed by atoms with Gasteiger partial charge < -0.3 is 10.6 Å². The van der Waals surface area contributed by atoms with Crippen LogP contribution in [0, 0.1) is 0 Å². The second-order valence-electron chi connectivity index (χ2n) is 6.11. The number of hydrogen-bond acceptors (Lipinski definition) is 4. The molecule has 0 atom stereocenters. The molecule has 3 rings (SSSR count). The highest BCUT2D eigenvalue weighted by Gasteiger charge is 2.07. The molecule has 0 unspecified atom stereocenters. The third-order valence-corrected chi connectivity index (χ3v) is 4.36. The Morgan fingerprint density at radius 3 is 2.44 bits per heavy atom. The number of carbonyl (C=O) groups is 1. The number of aryl methyl sites for hydroxylation is 1. The lowest BCUT2D eigenvalue weighted by atomic mass is 10.1. The van der Waals surface area contributed by atoms with Crippen molar-refractivity contribution in [2.75, 3.05) is 11.9 Å². The number of hydrogen-bond donors (Lipinski definition) is 2. The Morgan fingerprint density at radius 1 is 1.04 bits per heavy atom. The molecule has 1 aromatic heterocycles. The molecule has 6 heteroatoms. The molecule has 0 fully saturated rings. The molecular formula is C21H21ClN4O. The van der Waals surface area contributed by atoms with Crippen LogP contribution >= 0.6 is 11.6 Å². The van der Waals surface area contributed by atoms with Gasteiger partial charge in [-0.3, -0.25) is 4.79 Å². The number of nitrogens with one attached hydrogen (secondary N) is 2. The van der Waals surface area contributed by atoms with Gasteiger partial charge in [0, 0.05) is 29.6 Å². The van der Waals surface area contributed by atoms with Gasteiger partial charge in [0.25, 0.3) is 5.91 Å². The lowest BCUT2D eigenvalue weighted by Crippen LogP contribution is -2.26. The van der Waals surface area contributed by atoms with Crippen molar-refractivity contribution in [1.82, 2.24) is 15.3 Å². The van der Waals surface area contributed by atoms with Crippen LogP contribution in [0.2, 0.25) is 5.02 Å². The Morgan fingerprint density at radius 2 is 1.78 bits per heavy atom. The molecule has 0 saturated heterocycles. The number of anilines is 2. The molecule has 0 saturated carbocycles. The van der Waals surface area contributed by atoms with Crippen molar-refractivity contribution in [2.45, 2.75) is 19.8 Å². The third kappa shape index (κ3) is 5.53. The van der Waals surface area contributed by atoms with Gasteiger partial charge in [-0.25, -0.2) is 9.97 Å². The quantitative estimate of drug-likeness (QED) is 0.637. The zero-order valence-corrected chi connectivity index (χ0v) is 15.8. The molecule has 0 spiro atoms. The summed E-state index contributed by atoms with van der Waals surface area (Å²) >= 11 is 5.96. The zero-order valence-electron chi connectivity index (χ0n) is 15.1. The van der Waals surface area contributed by atoms with Gasteiger partial charge in [0.15, 0.2) is 0 Å². The molecular weight excluding hydrogens is 360 g/mol. The molecule has 0 aliphatic carbocycles. The molecule has 27 heavy (non-hydrogen) atoms. The summed E-state index contributed by atoms with van der Waals surface area (Å²) in [6, 6.07) is 15.7. The number of benzene rings is 2. The minimum absolute atomic E-state index is 0.198. The summed E-state index contributed by atoms with van der Waals surface area (Å²) < 4.78 is 0. The van der Waals surface area contributed by atoms with Crippen molar-refractivity contribution < 1.29 is 4.79 Å². The minimum atomic E-state index is -0.198. The molecule has 0 aliphatic heterocycles. The highest BCUT2D eigenvalue weighted by Crippen LogP contribution is 2.14. The van der Waals surface area contributed by atoms with Crippen molar-refractivity contribution in [2.24, 2.45) is 0 Å². The molecule has 2 aromatic carbocycles. The number of nitrogens with zero attached hydrogens (tertiary/aromatic N) is 2. The van der Waals surface area contributed by atoms with E-state index < -0.39 is 0 Å². The molecule has 2 N–H and O–H groups in total. The summed E-state index contributed by atoms with van der Waals surface area (Å²) in [5.41, 5.74) is 3.68. The van der Waals surface area contributed by atoms with Crippen molar-refractivity contribution in [3.63, 3.8) is 0 Å². The van der Waals surface area contributed by atoms with E-state index in [0.717, 1.165) is 17.7 Å². The lowest BCUT2D eigenvalue weighted by Gasteiger charge is -2.07. The summed E-state index contributed by atoms with van der Waals surface area (Å²) in [4.78, 5) is 20.6. The van der Waals surface area contributed by atoms with Crippen molar-refractivity contribution in [3.8, 4) is 0 Å². The second-order valence-corrected chi connectivity index (χ2v) is 6.54. The summed E-state index contributed by atoms with van der Waals surface area (Å²) in [7, 11) is 0. The minimum Gasteiger partial charge on any atom is -0.352 e. The Labute approximate surface area is 163 Å². The van der Waals surface area contributed by atoms with E-state index in [2.05, 4.69) is 39.7 Å². The third-order valence-electron chi connectivity index (χ3n) is 4.12. The fourth-order valence-corrected chi connectivity index (χ4v) is 2.79. The number of aromatic nitrogens is 2. The maximum Gasteiger partial charge on any atom is 0.254 e. The van der Waals surface area contributed by atoms with Crippen molar-refractivity contribution in [1.29, 1.82) is 0 Å². The van der Waals surface area contributed by atoms with Crippen LogP contribution in [0.15, 0.2) is 60.9 Å². The van der Waals surface area contributed by atoms with Crippen LogP contribution in [0.3, 0.4) is 0 Å². The van der Waals surface area contributed by atoms with Crippen LogP contribution in [-0.4, -0.2) is 22.4 Å². The predicted molar refractivity (Wildman–Crippen MR) is 109 cm³/mol. The van der Waals surface area contributed by atoms with Gasteiger partial charge in [-0.05, 0) is 48.2 Å². The van der Waals surface area contributed by atoms with Gasteiger partial charge >= 0.3 is 0 Å². The zero-order chi connectivity index (χ0) is 19.1. The highest BCUT2D eigenvalue weighted by molar-refractivity contribution is 6.30. The second kappa shape index (κ2) is 9.14. The molecule has 1 amide bonds. The van der Waals surface area contributed by atoms with Gasteiger partial charge in [-0.1, -0.05) is 42.8 Å². The van der Waals surface area contributed by atoms with Crippen LogP contribution in [-0.2, 0) is 12.8 Å². The number of halogens is 1. The van der Waals surface area contributed by atoms with Crippen LogP contribution in [0.1, 0.15) is 28.4 Å². The normalized spacial score (nSPS) is 10.4. The maximum atomic E-state index is 12.2. The van der Waals surface area contributed by atoms with E-state index in [0.29, 0.717) is 29.5 Å². The number of amides is 1. The van der Waals surface area contributed by atoms with E-state index in [1.165, 1.54) is 18.0 Å². The average Bonchev–Trinajstić information content (AvgIpc) is 2.69. The average molecular weight is 381 g/mol. The van der Waals surface area contributed by atoms with Gasteiger partial charge in [-0.2, -0.15) is 0 Å². The van der Waals surface area contributed by atoms with E-state index in [4.69, 9.17) is 11.6 Å². The van der Waals surface area contributed by atoms with E-state index in [1.807, 2.05) is 36.4 Å². The molecule has 1 heterocycles. The van der Waals surface area contributed by atoms with Crippen LogP contribution < -0.4 is 10.6 Å². The van der Waals surface area contributed by atoms with Gasteiger partial charge in [0.05, 0.1) is 5.56 Å². The monoisotopic (exact) mass is 380 g/mol. The van der Waals surface area contributed by atoms with Crippen LogP contribution in [0.4, 0.5) is 11.6 Å². The fraction of sp³-hybridized carbons (Fsp3) is 0.190. The summed E-state index contributed by atoms with van der Waals surface area (Å²) in [5, 5.41) is 6.69.